The first-order valence-electron chi connectivity index (χ1n) is 5.89. The molecule has 0 aromatic rings. The summed E-state index contributed by atoms with van der Waals surface area (Å²) in [4.78, 5) is 2.57. The topological polar surface area (TPSA) is 29.3 Å². The quantitative estimate of drug-likeness (QED) is 0.679. The van der Waals surface area contributed by atoms with Gasteiger partial charge in [-0.3, -0.25) is 4.90 Å². The first-order valence-corrected chi connectivity index (χ1v) is 5.89. The van der Waals surface area contributed by atoms with Gasteiger partial charge in [-0.05, 0) is 32.1 Å². The molecule has 2 atom stereocenters. The normalized spacial score (nSPS) is 34.6. The van der Waals surface area contributed by atoms with Crippen LogP contribution in [0.2, 0.25) is 0 Å². The van der Waals surface area contributed by atoms with Crippen LogP contribution in [0.25, 0.3) is 0 Å². The van der Waals surface area contributed by atoms with Crippen LogP contribution in [0.15, 0.2) is 11.6 Å². The monoisotopic (exact) mass is 194 g/mol. The molecule has 2 nitrogen and oxygen atoms in total. The molecule has 1 fully saturated rings. The highest BCUT2D eigenvalue weighted by molar-refractivity contribution is 5.04. The fraction of sp³-hybridized carbons (Fsp3) is 0.833. The van der Waals surface area contributed by atoms with Crippen LogP contribution >= 0.6 is 0 Å². The van der Waals surface area contributed by atoms with Gasteiger partial charge < -0.3 is 5.73 Å². The second-order valence-corrected chi connectivity index (χ2v) is 4.93. The summed E-state index contributed by atoms with van der Waals surface area (Å²) in [7, 11) is 0. The maximum absolute atomic E-state index is 6.09. The third-order valence-electron chi connectivity index (χ3n) is 3.62. The molecule has 2 rings (SSSR count). The van der Waals surface area contributed by atoms with Crippen LogP contribution in [0.3, 0.4) is 0 Å². The molecule has 1 aliphatic carbocycles. The van der Waals surface area contributed by atoms with Gasteiger partial charge >= 0.3 is 0 Å². The average molecular weight is 194 g/mol. The standard InChI is InChI=1S/C12H22N2/c1-10-4-3-7-14(8-10)9-11-5-2-6-12(11)13/h4,11-12H,2-3,5-9,13H2,1H3. The van der Waals surface area contributed by atoms with Gasteiger partial charge in [0.1, 0.15) is 0 Å². The van der Waals surface area contributed by atoms with E-state index in [1.165, 1.54) is 50.9 Å². The summed E-state index contributed by atoms with van der Waals surface area (Å²) >= 11 is 0. The molecule has 0 amide bonds. The van der Waals surface area contributed by atoms with E-state index in [1.54, 1.807) is 0 Å². The molecular formula is C12H22N2. The first-order chi connectivity index (χ1) is 6.75. The molecule has 0 saturated heterocycles. The van der Waals surface area contributed by atoms with Crippen LogP contribution in [-0.2, 0) is 0 Å². The lowest BCUT2D eigenvalue weighted by Gasteiger charge is -2.29. The molecule has 0 bridgehead atoms. The minimum atomic E-state index is 0.473. The van der Waals surface area contributed by atoms with Crippen molar-refractivity contribution in [3.8, 4) is 0 Å². The number of nitrogens with zero attached hydrogens (tertiary/aromatic N) is 1. The van der Waals surface area contributed by atoms with Crippen molar-refractivity contribution < 1.29 is 0 Å². The maximum atomic E-state index is 6.09. The van der Waals surface area contributed by atoms with E-state index in [1.807, 2.05) is 0 Å². The van der Waals surface area contributed by atoms with Crippen LogP contribution in [0.1, 0.15) is 32.6 Å². The predicted molar refractivity (Wildman–Crippen MR) is 60.1 cm³/mol. The fourth-order valence-corrected chi connectivity index (χ4v) is 2.77. The van der Waals surface area contributed by atoms with Crippen LogP contribution in [0.5, 0.6) is 0 Å². The van der Waals surface area contributed by atoms with Gasteiger partial charge in [0.05, 0.1) is 0 Å². The van der Waals surface area contributed by atoms with Gasteiger partial charge in [0, 0.05) is 25.7 Å². The largest absolute Gasteiger partial charge is 0.327 e. The van der Waals surface area contributed by atoms with E-state index >= 15 is 0 Å². The summed E-state index contributed by atoms with van der Waals surface area (Å²) in [6, 6.07) is 0.473. The Morgan fingerprint density at radius 1 is 1.50 bits per heavy atom. The molecule has 1 heterocycles. The zero-order chi connectivity index (χ0) is 9.97. The lowest BCUT2D eigenvalue weighted by molar-refractivity contribution is 0.235. The third kappa shape index (κ3) is 2.37. The van der Waals surface area contributed by atoms with Gasteiger partial charge in [-0.25, -0.2) is 0 Å². The van der Waals surface area contributed by atoms with Crippen LogP contribution in [0.4, 0.5) is 0 Å². The summed E-state index contributed by atoms with van der Waals surface area (Å²) in [5.74, 6) is 0.765. The lowest BCUT2D eigenvalue weighted by atomic mass is 10.0. The van der Waals surface area contributed by atoms with Crippen molar-refractivity contribution >= 4 is 0 Å². The average Bonchev–Trinajstić information content (AvgIpc) is 2.52. The molecule has 0 spiro atoms. The SMILES string of the molecule is CC1=CCCN(CC2CCCC2N)C1. The zero-order valence-electron chi connectivity index (χ0n) is 9.21. The van der Waals surface area contributed by atoms with E-state index in [-0.39, 0.29) is 0 Å². The predicted octanol–water partition coefficient (Wildman–Crippen LogP) is 1.77. The summed E-state index contributed by atoms with van der Waals surface area (Å²) in [6.07, 6.45) is 7.53. The molecule has 0 aromatic heterocycles. The third-order valence-corrected chi connectivity index (χ3v) is 3.62. The molecule has 2 heteroatoms. The van der Waals surface area contributed by atoms with Crippen molar-refractivity contribution in [2.24, 2.45) is 11.7 Å². The molecule has 0 aromatic carbocycles. The van der Waals surface area contributed by atoms with E-state index in [4.69, 9.17) is 5.73 Å². The van der Waals surface area contributed by atoms with Crippen molar-refractivity contribution in [2.45, 2.75) is 38.6 Å². The van der Waals surface area contributed by atoms with Crippen LogP contribution in [-0.4, -0.2) is 30.6 Å². The Hall–Kier alpha value is -0.340. The Kier molecular flexibility index (Phi) is 3.24. The molecule has 1 saturated carbocycles. The highest BCUT2D eigenvalue weighted by Gasteiger charge is 2.26. The van der Waals surface area contributed by atoms with Gasteiger partial charge in [-0.2, -0.15) is 0 Å². The van der Waals surface area contributed by atoms with E-state index in [2.05, 4.69) is 17.9 Å². The number of nitrogens with two attached hydrogens (primary N) is 1. The summed E-state index contributed by atoms with van der Waals surface area (Å²) < 4.78 is 0. The Balaban J connectivity index is 1.82. The second kappa shape index (κ2) is 4.45. The highest BCUT2D eigenvalue weighted by atomic mass is 15.1. The minimum Gasteiger partial charge on any atom is -0.327 e. The molecule has 1 aliphatic heterocycles. The molecule has 2 unspecified atom stereocenters. The summed E-state index contributed by atoms with van der Waals surface area (Å²) in [5.41, 5.74) is 7.62. The molecule has 2 N–H and O–H groups in total. The fourth-order valence-electron chi connectivity index (χ4n) is 2.77. The Morgan fingerprint density at radius 3 is 3.00 bits per heavy atom. The van der Waals surface area contributed by atoms with Gasteiger partial charge in [-0.1, -0.05) is 18.1 Å². The Bertz CT molecular complexity index is 222. The maximum Gasteiger partial charge on any atom is 0.0190 e. The summed E-state index contributed by atoms with van der Waals surface area (Å²) in [5, 5.41) is 0. The second-order valence-electron chi connectivity index (χ2n) is 4.93. The van der Waals surface area contributed by atoms with E-state index in [0.717, 1.165) is 5.92 Å². The van der Waals surface area contributed by atoms with Gasteiger partial charge in [0.25, 0.3) is 0 Å². The summed E-state index contributed by atoms with van der Waals surface area (Å²) in [6.45, 7) is 5.87. The molecule has 0 radical (unpaired) electrons. The van der Waals surface area contributed by atoms with Crippen LogP contribution < -0.4 is 5.73 Å². The smallest absolute Gasteiger partial charge is 0.0190 e. The Labute approximate surface area is 87.2 Å². The van der Waals surface area contributed by atoms with Gasteiger partial charge in [0.15, 0.2) is 0 Å². The van der Waals surface area contributed by atoms with Crippen molar-refractivity contribution in [1.29, 1.82) is 0 Å². The number of hydrogen-bond acceptors (Lipinski definition) is 2. The van der Waals surface area contributed by atoms with Crippen LogP contribution in [0, 0.1) is 5.92 Å². The molecule has 80 valence electrons. The number of rotatable bonds is 2. The van der Waals surface area contributed by atoms with Crippen molar-refractivity contribution in [3.63, 3.8) is 0 Å². The molecule has 14 heavy (non-hydrogen) atoms. The zero-order valence-corrected chi connectivity index (χ0v) is 9.21. The molecular weight excluding hydrogens is 172 g/mol. The van der Waals surface area contributed by atoms with E-state index in [9.17, 15) is 0 Å². The molecule has 2 aliphatic rings. The first kappa shape index (κ1) is 10.2. The number of hydrogen-bond donors (Lipinski definition) is 1. The van der Waals surface area contributed by atoms with E-state index < -0.39 is 0 Å². The Morgan fingerprint density at radius 2 is 2.36 bits per heavy atom. The van der Waals surface area contributed by atoms with Gasteiger partial charge in [0.2, 0.25) is 0 Å². The van der Waals surface area contributed by atoms with Crippen molar-refractivity contribution in [2.75, 3.05) is 19.6 Å². The minimum absolute atomic E-state index is 0.473. The van der Waals surface area contributed by atoms with Crippen molar-refractivity contribution in [3.05, 3.63) is 11.6 Å². The van der Waals surface area contributed by atoms with Gasteiger partial charge in [-0.15, -0.1) is 0 Å². The van der Waals surface area contributed by atoms with E-state index in [0.29, 0.717) is 6.04 Å². The van der Waals surface area contributed by atoms with Crippen molar-refractivity contribution in [1.82, 2.24) is 4.90 Å². The lowest BCUT2D eigenvalue weighted by Crippen LogP contribution is -2.38. The highest BCUT2D eigenvalue weighted by Crippen LogP contribution is 2.25.